The van der Waals surface area contributed by atoms with Gasteiger partial charge in [-0.3, -0.25) is 0 Å². The lowest BCUT2D eigenvalue weighted by Gasteiger charge is -2.08. The van der Waals surface area contributed by atoms with E-state index < -0.39 is 0 Å². The van der Waals surface area contributed by atoms with Crippen molar-refractivity contribution in [1.29, 1.82) is 0 Å². The van der Waals surface area contributed by atoms with Crippen molar-refractivity contribution < 1.29 is 4.79 Å². The van der Waals surface area contributed by atoms with Gasteiger partial charge in [0, 0.05) is 12.2 Å². The molecule has 0 radical (unpaired) electrons. The Bertz CT molecular complexity index is 355. The number of urea groups is 1. The second-order valence-electron chi connectivity index (χ2n) is 3.12. The summed E-state index contributed by atoms with van der Waals surface area (Å²) in [5.74, 6) is 0. The van der Waals surface area contributed by atoms with Crippen LogP contribution in [0, 0.1) is 0 Å². The van der Waals surface area contributed by atoms with Crippen LogP contribution >= 0.6 is 11.6 Å². The minimum atomic E-state index is -0.274. The van der Waals surface area contributed by atoms with E-state index in [-0.39, 0.29) is 6.03 Å². The summed E-state index contributed by atoms with van der Waals surface area (Å²) in [6.45, 7) is 2.61. The van der Waals surface area contributed by atoms with Crippen LogP contribution in [0.5, 0.6) is 0 Å². The second-order valence-corrected chi connectivity index (χ2v) is 3.53. The summed E-state index contributed by atoms with van der Waals surface area (Å²) in [5.41, 5.74) is 6.65. The van der Waals surface area contributed by atoms with Gasteiger partial charge in [-0.05, 0) is 24.6 Å². The number of carbonyl (C=O) groups excluding carboxylic acids is 1. The number of amides is 2. The normalized spacial score (nSPS) is 9.73. The van der Waals surface area contributed by atoms with Crippen LogP contribution < -0.4 is 16.4 Å². The number of hydrogen-bond acceptors (Lipinski definition) is 2. The van der Waals surface area contributed by atoms with Crippen molar-refractivity contribution in [2.45, 2.75) is 13.3 Å². The molecule has 0 aliphatic heterocycles. The number of benzene rings is 1. The standard InChI is InChI=1S/C10H14ClN3O/c1-2-5-13-10(15)14-9-6-7(12)3-4-8(9)11/h3-4,6H,2,5,12H2,1H3,(H2,13,14,15). The molecular weight excluding hydrogens is 214 g/mol. The molecule has 4 nitrogen and oxygen atoms in total. The summed E-state index contributed by atoms with van der Waals surface area (Å²) >= 11 is 5.88. The van der Waals surface area contributed by atoms with Gasteiger partial charge in [0.2, 0.25) is 0 Å². The summed E-state index contributed by atoms with van der Waals surface area (Å²) in [6, 6.07) is 4.67. The lowest BCUT2D eigenvalue weighted by molar-refractivity contribution is 0.252. The zero-order valence-corrected chi connectivity index (χ0v) is 9.27. The predicted molar refractivity (Wildman–Crippen MR) is 63.2 cm³/mol. The summed E-state index contributed by atoms with van der Waals surface area (Å²) < 4.78 is 0. The number of carbonyl (C=O) groups is 1. The number of halogens is 1. The maximum atomic E-state index is 11.3. The largest absolute Gasteiger partial charge is 0.399 e. The van der Waals surface area contributed by atoms with E-state index in [2.05, 4.69) is 10.6 Å². The van der Waals surface area contributed by atoms with Crippen LogP contribution in [-0.4, -0.2) is 12.6 Å². The molecule has 1 aromatic carbocycles. The summed E-state index contributed by atoms with van der Waals surface area (Å²) in [6.07, 6.45) is 0.887. The first-order chi connectivity index (χ1) is 7.13. The van der Waals surface area contributed by atoms with Crippen molar-refractivity contribution in [3.05, 3.63) is 23.2 Å². The van der Waals surface area contributed by atoms with E-state index in [1.54, 1.807) is 18.2 Å². The Labute approximate surface area is 93.8 Å². The SMILES string of the molecule is CCCNC(=O)Nc1cc(N)ccc1Cl. The molecular formula is C10H14ClN3O. The van der Waals surface area contributed by atoms with Crippen molar-refractivity contribution in [1.82, 2.24) is 5.32 Å². The predicted octanol–water partition coefficient (Wildman–Crippen LogP) is 2.45. The lowest BCUT2D eigenvalue weighted by Crippen LogP contribution is -2.29. The Kier molecular flexibility index (Phi) is 4.24. The molecule has 0 aliphatic carbocycles. The first kappa shape index (κ1) is 11.7. The fraction of sp³-hybridized carbons (Fsp3) is 0.300. The van der Waals surface area contributed by atoms with Gasteiger partial charge >= 0.3 is 6.03 Å². The zero-order valence-electron chi connectivity index (χ0n) is 8.51. The number of nitrogens with two attached hydrogens (primary N) is 1. The molecule has 0 heterocycles. The molecule has 82 valence electrons. The van der Waals surface area contributed by atoms with E-state index in [0.29, 0.717) is 22.9 Å². The van der Waals surface area contributed by atoms with Crippen molar-refractivity contribution in [3.8, 4) is 0 Å². The number of nitrogens with one attached hydrogen (secondary N) is 2. The highest BCUT2D eigenvalue weighted by atomic mass is 35.5. The highest BCUT2D eigenvalue weighted by Crippen LogP contribution is 2.23. The topological polar surface area (TPSA) is 67.2 Å². The molecule has 0 spiro atoms. The average Bonchev–Trinajstić information content (AvgIpc) is 2.20. The number of rotatable bonds is 3. The summed E-state index contributed by atoms with van der Waals surface area (Å²) in [7, 11) is 0. The van der Waals surface area contributed by atoms with Gasteiger partial charge in [0.15, 0.2) is 0 Å². The maximum absolute atomic E-state index is 11.3. The van der Waals surface area contributed by atoms with Crippen molar-refractivity contribution in [2.24, 2.45) is 0 Å². The molecule has 0 aliphatic rings. The first-order valence-corrected chi connectivity index (χ1v) is 5.11. The van der Waals surface area contributed by atoms with E-state index in [1.807, 2.05) is 6.92 Å². The summed E-state index contributed by atoms with van der Waals surface area (Å²) in [5, 5.41) is 5.77. The van der Waals surface area contributed by atoms with Gasteiger partial charge in [-0.1, -0.05) is 18.5 Å². The van der Waals surface area contributed by atoms with Gasteiger partial charge in [-0.15, -0.1) is 0 Å². The van der Waals surface area contributed by atoms with Gasteiger partial charge in [0.1, 0.15) is 0 Å². The van der Waals surface area contributed by atoms with Crippen LogP contribution in [0.25, 0.3) is 0 Å². The summed E-state index contributed by atoms with van der Waals surface area (Å²) in [4.78, 5) is 11.3. The van der Waals surface area contributed by atoms with Gasteiger partial charge in [-0.2, -0.15) is 0 Å². The van der Waals surface area contributed by atoms with Crippen LogP contribution in [0.3, 0.4) is 0 Å². The Morgan fingerprint density at radius 3 is 2.93 bits per heavy atom. The molecule has 0 aromatic heterocycles. The molecule has 15 heavy (non-hydrogen) atoms. The molecule has 0 saturated carbocycles. The van der Waals surface area contributed by atoms with Crippen LogP contribution in [-0.2, 0) is 0 Å². The van der Waals surface area contributed by atoms with E-state index in [0.717, 1.165) is 6.42 Å². The third-order valence-corrected chi connectivity index (χ3v) is 2.10. The molecule has 0 bridgehead atoms. The average molecular weight is 228 g/mol. The quantitative estimate of drug-likeness (QED) is 0.695. The molecule has 0 atom stereocenters. The van der Waals surface area contributed by atoms with E-state index in [4.69, 9.17) is 17.3 Å². The van der Waals surface area contributed by atoms with Crippen LogP contribution in [0.2, 0.25) is 5.02 Å². The maximum Gasteiger partial charge on any atom is 0.319 e. The number of hydrogen-bond donors (Lipinski definition) is 3. The number of nitrogen functional groups attached to an aromatic ring is 1. The Morgan fingerprint density at radius 2 is 2.27 bits per heavy atom. The molecule has 0 unspecified atom stereocenters. The fourth-order valence-corrected chi connectivity index (χ4v) is 1.21. The van der Waals surface area contributed by atoms with Crippen molar-refractivity contribution in [2.75, 3.05) is 17.6 Å². The van der Waals surface area contributed by atoms with Gasteiger partial charge in [0.25, 0.3) is 0 Å². The fourth-order valence-electron chi connectivity index (χ4n) is 1.04. The lowest BCUT2D eigenvalue weighted by atomic mass is 10.3. The minimum absolute atomic E-state index is 0.274. The van der Waals surface area contributed by atoms with Gasteiger partial charge in [0.05, 0.1) is 10.7 Å². The first-order valence-electron chi connectivity index (χ1n) is 4.73. The Hall–Kier alpha value is -1.42. The van der Waals surface area contributed by atoms with Gasteiger partial charge < -0.3 is 16.4 Å². The molecule has 5 heteroatoms. The second kappa shape index (κ2) is 5.46. The van der Waals surface area contributed by atoms with E-state index in [9.17, 15) is 4.79 Å². The third kappa shape index (κ3) is 3.67. The van der Waals surface area contributed by atoms with Crippen molar-refractivity contribution in [3.63, 3.8) is 0 Å². The van der Waals surface area contributed by atoms with Crippen molar-refractivity contribution >= 4 is 29.0 Å². The molecule has 1 rings (SSSR count). The van der Waals surface area contributed by atoms with E-state index in [1.165, 1.54) is 0 Å². The monoisotopic (exact) mass is 227 g/mol. The van der Waals surface area contributed by atoms with Crippen LogP contribution in [0.15, 0.2) is 18.2 Å². The third-order valence-electron chi connectivity index (χ3n) is 1.77. The molecule has 0 fully saturated rings. The molecule has 1 aromatic rings. The zero-order chi connectivity index (χ0) is 11.3. The van der Waals surface area contributed by atoms with E-state index >= 15 is 0 Å². The molecule has 2 amide bonds. The highest BCUT2D eigenvalue weighted by Gasteiger charge is 2.04. The van der Waals surface area contributed by atoms with Gasteiger partial charge in [-0.25, -0.2) is 4.79 Å². The molecule has 0 saturated heterocycles. The minimum Gasteiger partial charge on any atom is -0.399 e. The number of anilines is 2. The molecule has 4 N–H and O–H groups in total. The Balaban J connectivity index is 2.63. The van der Waals surface area contributed by atoms with Crippen LogP contribution in [0.4, 0.5) is 16.2 Å². The van der Waals surface area contributed by atoms with Crippen LogP contribution in [0.1, 0.15) is 13.3 Å². The smallest absolute Gasteiger partial charge is 0.319 e. The highest BCUT2D eigenvalue weighted by molar-refractivity contribution is 6.33. The Morgan fingerprint density at radius 1 is 1.53 bits per heavy atom.